The molecule has 0 bridgehead atoms. The highest BCUT2D eigenvalue weighted by Gasteiger charge is 2.26. The fraction of sp³-hybridized carbons (Fsp3) is 0.455. The van der Waals surface area contributed by atoms with Gasteiger partial charge in [0.15, 0.2) is 0 Å². The van der Waals surface area contributed by atoms with E-state index in [-0.39, 0.29) is 17.8 Å². The molecule has 1 aromatic carbocycles. The summed E-state index contributed by atoms with van der Waals surface area (Å²) in [4.78, 5) is 26.4. The molecule has 0 aliphatic carbocycles. The molecule has 6 heteroatoms. The van der Waals surface area contributed by atoms with Crippen LogP contribution in [0.25, 0.3) is 0 Å². The number of halogens is 1. The molecule has 1 atom stereocenters. The van der Waals surface area contributed by atoms with Crippen LogP contribution >= 0.6 is 11.6 Å². The lowest BCUT2D eigenvalue weighted by molar-refractivity contribution is -0.142. The first-order chi connectivity index (χ1) is 13.5. The first-order valence-electron chi connectivity index (χ1n) is 9.76. The Hall–Kier alpha value is -2.27. The molecule has 1 aliphatic rings. The molecule has 2 aromatic rings. The molecule has 0 unspecified atom stereocenters. The van der Waals surface area contributed by atoms with Crippen molar-refractivity contribution in [3.63, 3.8) is 0 Å². The molecule has 0 spiro atoms. The number of nitrogens with zero attached hydrogens (tertiary/aromatic N) is 2. The Morgan fingerprint density at radius 3 is 2.39 bits per heavy atom. The van der Waals surface area contributed by atoms with Gasteiger partial charge in [-0.3, -0.25) is 9.59 Å². The van der Waals surface area contributed by atoms with E-state index in [2.05, 4.69) is 4.57 Å². The molecule has 0 N–H and O–H groups in total. The largest absolute Gasteiger partial charge is 0.469 e. The summed E-state index contributed by atoms with van der Waals surface area (Å²) < 4.78 is 6.86. The van der Waals surface area contributed by atoms with Crippen molar-refractivity contribution in [3.8, 4) is 0 Å². The van der Waals surface area contributed by atoms with E-state index in [9.17, 15) is 9.59 Å². The summed E-state index contributed by atoms with van der Waals surface area (Å²) in [6, 6.07) is 11.8. The third kappa shape index (κ3) is 5.61. The predicted molar refractivity (Wildman–Crippen MR) is 109 cm³/mol. The lowest BCUT2D eigenvalue weighted by Crippen LogP contribution is -2.39. The maximum Gasteiger partial charge on any atom is 0.305 e. The molecule has 3 rings (SSSR count). The number of amides is 1. The number of likely N-dealkylation sites (tertiary alicyclic amines) is 1. The van der Waals surface area contributed by atoms with Crippen molar-refractivity contribution in [3.05, 3.63) is 59.4 Å². The molecule has 150 valence electrons. The normalized spacial score (nSPS) is 16.0. The van der Waals surface area contributed by atoms with Crippen molar-refractivity contribution in [2.24, 2.45) is 5.92 Å². The number of rotatable bonds is 7. The number of aromatic nitrogens is 1. The molecule has 1 aromatic heterocycles. The second kappa shape index (κ2) is 9.78. The summed E-state index contributed by atoms with van der Waals surface area (Å²) in [7, 11) is 1.42. The van der Waals surface area contributed by atoms with E-state index in [0.717, 1.165) is 24.9 Å². The number of carbonyl (C=O) groups is 2. The average molecular weight is 403 g/mol. The lowest BCUT2D eigenvalue weighted by atomic mass is 9.91. The zero-order valence-corrected chi connectivity index (χ0v) is 17.0. The minimum atomic E-state index is -0.167. The van der Waals surface area contributed by atoms with Gasteiger partial charge in [0.1, 0.15) is 0 Å². The monoisotopic (exact) mass is 402 g/mol. The Bertz CT molecular complexity index is 766. The molecule has 5 nitrogen and oxygen atoms in total. The third-order valence-electron chi connectivity index (χ3n) is 5.51. The fourth-order valence-corrected chi connectivity index (χ4v) is 3.94. The summed E-state index contributed by atoms with van der Waals surface area (Å²) in [6.07, 6.45) is 6.65. The van der Waals surface area contributed by atoms with Crippen LogP contribution in [0.2, 0.25) is 5.02 Å². The molecule has 1 fully saturated rings. The van der Waals surface area contributed by atoms with Gasteiger partial charge >= 0.3 is 5.97 Å². The van der Waals surface area contributed by atoms with Crippen LogP contribution in [0, 0.1) is 5.92 Å². The van der Waals surface area contributed by atoms with Crippen molar-refractivity contribution >= 4 is 23.5 Å². The quantitative estimate of drug-likeness (QED) is 0.654. The maximum atomic E-state index is 13.0. The molecule has 0 saturated carbocycles. The molecular weight excluding hydrogens is 376 g/mol. The Kier molecular flexibility index (Phi) is 7.15. The number of hydrogen-bond donors (Lipinski definition) is 0. The Balaban J connectivity index is 1.61. The van der Waals surface area contributed by atoms with Crippen molar-refractivity contribution < 1.29 is 14.3 Å². The van der Waals surface area contributed by atoms with E-state index in [4.69, 9.17) is 16.3 Å². The highest BCUT2D eigenvalue weighted by molar-refractivity contribution is 6.30. The average Bonchev–Trinajstić information content (AvgIpc) is 3.21. The van der Waals surface area contributed by atoms with Gasteiger partial charge in [-0.1, -0.05) is 23.7 Å². The summed E-state index contributed by atoms with van der Waals surface area (Å²) in [5.74, 6) is 0.399. The summed E-state index contributed by atoms with van der Waals surface area (Å²) in [5, 5.41) is 0.697. The van der Waals surface area contributed by atoms with E-state index in [1.54, 1.807) is 0 Å². The van der Waals surface area contributed by atoms with E-state index < -0.39 is 0 Å². The van der Waals surface area contributed by atoms with Crippen LogP contribution in [0.5, 0.6) is 0 Å². The van der Waals surface area contributed by atoms with Gasteiger partial charge in [0.05, 0.1) is 7.11 Å². The Labute approximate surface area is 171 Å². The standard InChI is InChI=1S/C22H27ClN2O3/c1-28-22(27)14-17-8-12-25(13-9-17)21(26)15-19(16-24-10-2-3-11-24)18-4-6-20(23)7-5-18/h2-7,10-11,17,19H,8-9,12-16H2,1H3/t19-/m1/s1. The Morgan fingerprint density at radius 2 is 1.79 bits per heavy atom. The number of carbonyl (C=O) groups excluding carboxylic acids is 2. The highest BCUT2D eigenvalue weighted by atomic mass is 35.5. The van der Waals surface area contributed by atoms with E-state index in [1.807, 2.05) is 53.7 Å². The number of piperidine rings is 1. The van der Waals surface area contributed by atoms with Crippen LogP contribution in [0.1, 0.15) is 37.2 Å². The lowest BCUT2D eigenvalue weighted by Gasteiger charge is -2.32. The second-order valence-electron chi connectivity index (χ2n) is 7.44. The van der Waals surface area contributed by atoms with Crippen molar-refractivity contribution in [2.75, 3.05) is 20.2 Å². The SMILES string of the molecule is COC(=O)CC1CCN(C(=O)C[C@H](Cn2cccc2)c2ccc(Cl)cc2)CC1. The number of ether oxygens (including phenoxy) is 1. The number of benzene rings is 1. The molecule has 1 aliphatic heterocycles. The first kappa shape index (κ1) is 20.5. The van der Waals surface area contributed by atoms with Gasteiger partial charge < -0.3 is 14.2 Å². The number of hydrogen-bond acceptors (Lipinski definition) is 3. The van der Waals surface area contributed by atoms with Crippen LogP contribution in [-0.2, 0) is 20.9 Å². The van der Waals surface area contributed by atoms with Gasteiger partial charge in [0, 0.05) is 55.8 Å². The molecule has 28 heavy (non-hydrogen) atoms. The molecule has 1 saturated heterocycles. The fourth-order valence-electron chi connectivity index (χ4n) is 3.81. The predicted octanol–water partition coefficient (Wildman–Crippen LogP) is 4.12. The topological polar surface area (TPSA) is 51.5 Å². The smallest absolute Gasteiger partial charge is 0.305 e. The maximum absolute atomic E-state index is 13.0. The van der Waals surface area contributed by atoms with Crippen LogP contribution in [0.15, 0.2) is 48.8 Å². The highest BCUT2D eigenvalue weighted by Crippen LogP contribution is 2.27. The van der Waals surface area contributed by atoms with Crippen LogP contribution in [0.3, 0.4) is 0 Å². The van der Waals surface area contributed by atoms with Crippen molar-refractivity contribution in [2.45, 2.75) is 38.1 Å². The van der Waals surface area contributed by atoms with E-state index in [1.165, 1.54) is 7.11 Å². The summed E-state index contributed by atoms with van der Waals surface area (Å²) in [6.45, 7) is 2.16. The third-order valence-corrected chi connectivity index (χ3v) is 5.76. The molecular formula is C22H27ClN2O3. The van der Waals surface area contributed by atoms with Crippen molar-refractivity contribution in [1.82, 2.24) is 9.47 Å². The van der Waals surface area contributed by atoms with Gasteiger partial charge in [-0.15, -0.1) is 0 Å². The van der Waals surface area contributed by atoms with E-state index in [0.29, 0.717) is 36.9 Å². The summed E-state index contributed by atoms with van der Waals surface area (Å²) in [5.41, 5.74) is 1.12. The minimum absolute atomic E-state index is 0.0879. The second-order valence-corrected chi connectivity index (χ2v) is 7.87. The van der Waals surface area contributed by atoms with Crippen LogP contribution < -0.4 is 0 Å². The zero-order valence-electron chi connectivity index (χ0n) is 16.2. The summed E-state index contributed by atoms with van der Waals surface area (Å²) >= 11 is 6.03. The van der Waals surface area contributed by atoms with Gasteiger partial charge in [-0.25, -0.2) is 0 Å². The molecule has 2 heterocycles. The van der Waals surface area contributed by atoms with Gasteiger partial charge in [0.25, 0.3) is 0 Å². The van der Waals surface area contributed by atoms with Crippen LogP contribution in [-0.4, -0.2) is 41.5 Å². The zero-order chi connectivity index (χ0) is 19.9. The number of esters is 1. The van der Waals surface area contributed by atoms with Crippen molar-refractivity contribution in [1.29, 1.82) is 0 Å². The van der Waals surface area contributed by atoms with Gasteiger partial charge in [-0.2, -0.15) is 0 Å². The van der Waals surface area contributed by atoms with Crippen LogP contribution in [0.4, 0.5) is 0 Å². The molecule has 1 amide bonds. The number of methoxy groups -OCH3 is 1. The minimum Gasteiger partial charge on any atom is -0.469 e. The van der Waals surface area contributed by atoms with Gasteiger partial charge in [-0.05, 0) is 48.6 Å². The molecule has 0 radical (unpaired) electrons. The van der Waals surface area contributed by atoms with E-state index >= 15 is 0 Å². The first-order valence-corrected chi connectivity index (χ1v) is 10.1. The Morgan fingerprint density at radius 1 is 1.14 bits per heavy atom. The van der Waals surface area contributed by atoms with Gasteiger partial charge in [0.2, 0.25) is 5.91 Å².